The number of hydrogen-bond acceptors (Lipinski definition) is 6. The van der Waals surface area contributed by atoms with Crippen LogP contribution in [-0.2, 0) is 6.54 Å². The van der Waals surface area contributed by atoms with Crippen molar-refractivity contribution in [2.45, 2.75) is 19.5 Å². The molecule has 0 aliphatic carbocycles. The van der Waals surface area contributed by atoms with Crippen LogP contribution in [-0.4, -0.2) is 26.1 Å². The Morgan fingerprint density at radius 1 is 1.06 bits per heavy atom. The van der Waals surface area contributed by atoms with Crippen LogP contribution in [0.5, 0.6) is 0 Å². The normalized spacial score (nSPS) is 11.6. The molecular weight excluding hydrogens is 440 g/mol. The molecule has 0 radical (unpaired) electrons. The second-order valence-electron chi connectivity index (χ2n) is 7.35. The number of hydrogen-bond donors (Lipinski definition) is 3. The molecule has 0 aliphatic heterocycles. The molecule has 0 unspecified atom stereocenters. The molecule has 0 spiro atoms. The summed E-state index contributed by atoms with van der Waals surface area (Å²) in [5.41, 5.74) is 2.13. The second kappa shape index (κ2) is 10.1. The fraction of sp³-hybridized carbons (Fsp3) is 0.125. The number of rotatable bonds is 7. The van der Waals surface area contributed by atoms with E-state index in [0.29, 0.717) is 22.4 Å². The van der Waals surface area contributed by atoms with E-state index in [1.165, 1.54) is 6.07 Å². The van der Waals surface area contributed by atoms with E-state index in [1.807, 2.05) is 37.3 Å². The van der Waals surface area contributed by atoms with E-state index in [1.54, 1.807) is 36.5 Å². The molecule has 33 heavy (non-hydrogen) atoms. The third-order valence-corrected chi connectivity index (χ3v) is 5.23. The Bertz CT molecular complexity index is 1310. The summed E-state index contributed by atoms with van der Waals surface area (Å²) in [5.74, 6) is -0.106. The predicted molar refractivity (Wildman–Crippen MR) is 127 cm³/mol. The molecule has 0 saturated carbocycles. The van der Waals surface area contributed by atoms with Gasteiger partial charge in [-0.15, -0.1) is 0 Å². The van der Waals surface area contributed by atoms with Gasteiger partial charge in [-0.05, 0) is 42.3 Å². The van der Waals surface area contributed by atoms with Gasteiger partial charge in [0.15, 0.2) is 0 Å². The molecule has 2 aromatic heterocycles. The summed E-state index contributed by atoms with van der Waals surface area (Å²) in [6, 6.07) is 20.1. The molecule has 1 atom stereocenters. The Labute approximate surface area is 195 Å². The maximum absolute atomic E-state index is 12.6. The van der Waals surface area contributed by atoms with Crippen LogP contribution in [0, 0.1) is 0 Å². The van der Waals surface area contributed by atoms with Crippen molar-refractivity contribution >= 4 is 23.5 Å². The quantitative estimate of drug-likeness (QED) is 0.384. The van der Waals surface area contributed by atoms with Crippen LogP contribution < -0.4 is 16.2 Å². The van der Waals surface area contributed by atoms with Crippen LogP contribution in [0.25, 0.3) is 11.4 Å². The van der Waals surface area contributed by atoms with Crippen molar-refractivity contribution in [1.82, 2.24) is 25.5 Å². The van der Waals surface area contributed by atoms with Gasteiger partial charge in [0.2, 0.25) is 5.95 Å². The topological polar surface area (TPSA) is 113 Å². The van der Waals surface area contributed by atoms with E-state index in [9.17, 15) is 9.59 Å². The van der Waals surface area contributed by atoms with Gasteiger partial charge in [-0.3, -0.25) is 9.59 Å². The number of benzene rings is 2. The summed E-state index contributed by atoms with van der Waals surface area (Å²) in [4.78, 5) is 33.6. The van der Waals surface area contributed by atoms with Gasteiger partial charge in [0, 0.05) is 17.8 Å². The molecule has 0 fully saturated rings. The number of nitrogens with zero attached hydrogens (tertiary/aromatic N) is 3. The lowest BCUT2D eigenvalue weighted by Crippen LogP contribution is -2.29. The summed E-state index contributed by atoms with van der Waals surface area (Å²) < 4.78 is 0. The standard InChI is InChI=1S/C24H21ClN6O2/c1-15(17-5-3-2-4-6-17)28-24-26-12-11-20(29-24)21-13-19(23(33)31-30-21)22(32)27-14-16-7-9-18(25)10-8-16/h2-13,15H,14H2,1H3,(H,27,32)(H,31,33)(H,26,28,29)/t15-/m1/s1. The Morgan fingerprint density at radius 2 is 1.82 bits per heavy atom. The van der Waals surface area contributed by atoms with E-state index in [0.717, 1.165) is 11.1 Å². The monoisotopic (exact) mass is 460 g/mol. The van der Waals surface area contributed by atoms with Gasteiger partial charge in [-0.1, -0.05) is 54.1 Å². The molecule has 0 aliphatic rings. The summed E-state index contributed by atoms with van der Waals surface area (Å²) in [6.07, 6.45) is 1.59. The molecule has 8 nitrogen and oxygen atoms in total. The van der Waals surface area contributed by atoms with Gasteiger partial charge in [-0.25, -0.2) is 15.1 Å². The van der Waals surface area contributed by atoms with Crippen molar-refractivity contribution in [1.29, 1.82) is 0 Å². The first-order valence-electron chi connectivity index (χ1n) is 10.3. The largest absolute Gasteiger partial charge is 0.348 e. The maximum atomic E-state index is 12.6. The summed E-state index contributed by atoms with van der Waals surface area (Å²) >= 11 is 5.88. The summed E-state index contributed by atoms with van der Waals surface area (Å²) in [5, 5.41) is 13.0. The van der Waals surface area contributed by atoms with Crippen LogP contribution in [0.4, 0.5) is 5.95 Å². The third-order valence-electron chi connectivity index (χ3n) is 4.98. The first-order chi connectivity index (χ1) is 16.0. The fourth-order valence-electron chi connectivity index (χ4n) is 3.18. The molecular formula is C24H21ClN6O2. The highest BCUT2D eigenvalue weighted by Crippen LogP contribution is 2.19. The molecule has 4 aromatic rings. The zero-order valence-corrected chi connectivity index (χ0v) is 18.5. The zero-order chi connectivity index (χ0) is 23.2. The fourth-order valence-corrected chi connectivity index (χ4v) is 3.30. The number of nitrogens with one attached hydrogen (secondary N) is 3. The van der Waals surface area contributed by atoms with E-state index >= 15 is 0 Å². The molecule has 2 heterocycles. The average Bonchev–Trinajstić information content (AvgIpc) is 2.84. The van der Waals surface area contributed by atoms with Gasteiger partial charge >= 0.3 is 0 Å². The highest BCUT2D eigenvalue weighted by Gasteiger charge is 2.15. The van der Waals surface area contributed by atoms with Crippen LogP contribution in [0.1, 0.15) is 34.5 Å². The van der Waals surface area contributed by atoms with Gasteiger partial charge in [0.05, 0.1) is 11.7 Å². The summed E-state index contributed by atoms with van der Waals surface area (Å²) in [6.45, 7) is 2.26. The third kappa shape index (κ3) is 5.61. The molecule has 2 aromatic carbocycles. The lowest BCUT2D eigenvalue weighted by Gasteiger charge is -2.14. The van der Waals surface area contributed by atoms with Crippen molar-refractivity contribution < 1.29 is 4.79 Å². The number of anilines is 1. The summed E-state index contributed by atoms with van der Waals surface area (Å²) in [7, 11) is 0. The first kappa shape index (κ1) is 22.2. The van der Waals surface area contributed by atoms with Crippen molar-refractivity contribution in [3.8, 4) is 11.4 Å². The van der Waals surface area contributed by atoms with Crippen molar-refractivity contribution in [3.05, 3.63) is 105 Å². The van der Waals surface area contributed by atoms with Crippen molar-refractivity contribution in [2.75, 3.05) is 5.32 Å². The van der Waals surface area contributed by atoms with Crippen LogP contribution >= 0.6 is 11.6 Å². The second-order valence-corrected chi connectivity index (χ2v) is 7.78. The lowest BCUT2D eigenvalue weighted by atomic mass is 10.1. The highest BCUT2D eigenvalue weighted by atomic mass is 35.5. The van der Waals surface area contributed by atoms with Gasteiger partial charge in [0.1, 0.15) is 11.3 Å². The minimum atomic E-state index is -0.586. The van der Waals surface area contributed by atoms with Gasteiger partial charge in [-0.2, -0.15) is 5.10 Å². The van der Waals surface area contributed by atoms with E-state index in [-0.39, 0.29) is 18.2 Å². The number of carbonyl (C=O) groups excluding carboxylic acids is 1. The Balaban J connectivity index is 1.51. The smallest absolute Gasteiger partial charge is 0.277 e. The minimum absolute atomic E-state index is 0.0146. The highest BCUT2D eigenvalue weighted by molar-refractivity contribution is 6.30. The number of amides is 1. The molecule has 3 N–H and O–H groups in total. The SMILES string of the molecule is C[C@@H](Nc1nccc(-c2cc(C(=O)NCc3ccc(Cl)cc3)c(=O)[nH]n2)n1)c1ccccc1. The van der Waals surface area contributed by atoms with Crippen LogP contribution in [0.15, 0.2) is 77.7 Å². The zero-order valence-electron chi connectivity index (χ0n) is 17.7. The van der Waals surface area contributed by atoms with E-state index in [2.05, 4.69) is 30.8 Å². The number of halogens is 1. The maximum Gasteiger partial charge on any atom is 0.277 e. The lowest BCUT2D eigenvalue weighted by molar-refractivity contribution is 0.0949. The number of carbonyl (C=O) groups is 1. The Morgan fingerprint density at radius 3 is 2.58 bits per heavy atom. The van der Waals surface area contributed by atoms with Crippen LogP contribution in [0.2, 0.25) is 5.02 Å². The average molecular weight is 461 g/mol. The molecule has 1 amide bonds. The Kier molecular flexibility index (Phi) is 6.75. The van der Waals surface area contributed by atoms with Crippen molar-refractivity contribution in [3.63, 3.8) is 0 Å². The molecule has 166 valence electrons. The molecule has 9 heteroatoms. The van der Waals surface area contributed by atoms with Gasteiger partial charge < -0.3 is 10.6 Å². The number of aromatic amines is 1. The predicted octanol–water partition coefficient (Wildman–Crippen LogP) is 3.98. The van der Waals surface area contributed by atoms with E-state index in [4.69, 9.17) is 11.6 Å². The molecule has 4 rings (SSSR count). The number of aromatic nitrogens is 4. The van der Waals surface area contributed by atoms with E-state index < -0.39 is 11.5 Å². The van der Waals surface area contributed by atoms with Crippen molar-refractivity contribution in [2.24, 2.45) is 0 Å². The van der Waals surface area contributed by atoms with Crippen LogP contribution in [0.3, 0.4) is 0 Å². The first-order valence-corrected chi connectivity index (χ1v) is 10.6. The van der Waals surface area contributed by atoms with Gasteiger partial charge in [0.25, 0.3) is 11.5 Å². The number of H-pyrrole nitrogens is 1. The molecule has 0 saturated heterocycles. The Hall–Kier alpha value is -4.04. The molecule has 0 bridgehead atoms. The minimum Gasteiger partial charge on any atom is -0.348 e.